The zero-order valence-corrected chi connectivity index (χ0v) is 9.23. The van der Waals surface area contributed by atoms with Crippen molar-refractivity contribution in [1.29, 1.82) is 0 Å². The normalized spacial score (nSPS) is 12.5. The minimum Gasteiger partial charge on any atom is -0.396 e. The first-order valence-corrected chi connectivity index (χ1v) is 5.26. The lowest BCUT2D eigenvalue weighted by molar-refractivity contribution is 0.0925. The number of carbonyl (C=O) groups excluding carboxylic acids is 1. The average Bonchev–Trinajstić information content (AvgIpc) is 2.65. The smallest absolute Gasteiger partial charge is 0.268 e. The maximum atomic E-state index is 11.8. The van der Waals surface area contributed by atoms with E-state index in [1.54, 1.807) is 6.07 Å². The zero-order chi connectivity index (χ0) is 11.3. The molecule has 0 radical (unpaired) electrons. The van der Waals surface area contributed by atoms with Gasteiger partial charge >= 0.3 is 0 Å². The van der Waals surface area contributed by atoms with Crippen molar-refractivity contribution in [3.05, 3.63) is 24.0 Å². The third-order valence-corrected chi connectivity index (χ3v) is 2.34. The van der Waals surface area contributed by atoms with Gasteiger partial charge in [0.05, 0.1) is 0 Å². The van der Waals surface area contributed by atoms with Crippen molar-refractivity contribution in [2.45, 2.75) is 32.9 Å². The van der Waals surface area contributed by atoms with E-state index >= 15 is 0 Å². The first kappa shape index (κ1) is 11.8. The minimum atomic E-state index is -0.0807. The highest BCUT2D eigenvalue weighted by molar-refractivity contribution is 5.92. The van der Waals surface area contributed by atoms with Gasteiger partial charge in [-0.2, -0.15) is 0 Å². The Balaban J connectivity index is 2.61. The van der Waals surface area contributed by atoms with Gasteiger partial charge in [0.1, 0.15) is 5.69 Å². The second-order valence-electron chi connectivity index (χ2n) is 3.57. The molecule has 4 heteroatoms. The Morgan fingerprint density at radius 2 is 2.40 bits per heavy atom. The molecular weight excluding hydrogens is 192 g/mol. The summed E-state index contributed by atoms with van der Waals surface area (Å²) in [5.74, 6) is -0.0807. The number of hydrogen-bond acceptors (Lipinski definition) is 2. The van der Waals surface area contributed by atoms with Crippen LogP contribution < -0.4 is 5.32 Å². The van der Waals surface area contributed by atoms with E-state index in [0.29, 0.717) is 12.1 Å². The number of rotatable bonds is 5. The molecule has 0 aliphatic carbocycles. The molecule has 2 N–H and O–H groups in total. The van der Waals surface area contributed by atoms with Gasteiger partial charge in [-0.3, -0.25) is 4.79 Å². The molecule has 0 aliphatic heterocycles. The molecule has 0 aromatic carbocycles. The van der Waals surface area contributed by atoms with Gasteiger partial charge < -0.3 is 15.0 Å². The maximum Gasteiger partial charge on any atom is 0.268 e. The van der Waals surface area contributed by atoms with Gasteiger partial charge in [0.15, 0.2) is 0 Å². The van der Waals surface area contributed by atoms with Crippen LogP contribution in [0.3, 0.4) is 0 Å². The van der Waals surface area contributed by atoms with Crippen molar-refractivity contribution < 1.29 is 9.90 Å². The summed E-state index contributed by atoms with van der Waals surface area (Å²) in [5, 5.41) is 11.6. The number of amides is 1. The Morgan fingerprint density at radius 3 is 3.00 bits per heavy atom. The lowest BCUT2D eigenvalue weighted by atomic mass is 10.2. The summed E-state index contributed by atoms with van der Waals surface area (Å²) in [5.41, 5.74) is 0.669. The number of aryl methyl sites for hydroxylation is 1. The molecule has 1 aromatic rings. The fourth-order valence-electron chi connectivity index (χ4n) is 1.46. The van der Waals surface area contributed by atoms with Crippen LogP contribution in [-0.2, 0) is 6.54 Å². The van der Waals surface area contributed by atoms with E-state index < -0.39 is 0 Å². The van der Waals surface area contributed by atoms with Crippen LogP contribution in [0.4, 0.5) is 0 Å². The molecule has 0 bridgehead atoms. The number of aliphatic hydroxyl groups is 1. The quantitative estimate of drug-likeness (QED) is 0.762. The maximum absolute atomic E-state index is 11.8. The van der Waals surface area contributed by atoms with Crippen LogP contribution in [0, 0.1) is 0 Å². The molecule has 1 heterocycles. The molecule has 0 spiro atoms. The summed E-state index contributed by atoms with van der Waals surface area (Å²) in [6.07, 6.45) is 2.46. The minimum absolute atomic E-state index is 0.00251. The Kier molecular flexibility index (Phi) is 4.37. The molecule has 15 heavy (non-hydrogen) atoms. The SMILES string of the molecule is CCn1cccc1C(=O)NC(C)CCO. The van der Waals surface area contributed by atoms with E-state index in [1.165, 1.54) is 0 Å². The number of aromatic nitrogens is 1. The average molecular weight is 210 g/mol. The van der Waals surface area contributed by atoms with E-state index in [2.05, 4.69) is 5.32 Å². The highest BCUT2D eigenvalue weighted by atomic mass is 16.3. The van der Waals surface area contributed by atoms with E-state index in [-0.39, 0.29) is 18.6 Å². The number of aliphatic hydroxyl groups excluding tert-OH is 1. The highest BCUT2D eigenvalue weighted by Crippen LogP contribution is 2.03. The van der Waals surface area contributed by atoms with E-state index in [1.807, 2.05) is 30.7 Å². The van der Waals surface area contributed by atoms with Crippen LogP contribution in [0.5, 0.6) is 0 Å². The number of nitrogens with one attached hydrogen (secondary N) is 1. The van der Waals surface area contributed by atoms with Crippen LogP contribution in [0.2, 0.25) is 0 Å². The highest BCUT2D eigenvalue weighted by Gasteiger charge is 2.12. The Morgan fingerprint density at radius 1 is 1.67 bits per heavy atom. The molecule has 1 aromatic heterocycles. The van der Waals surface area contributed by atoms with E-state index in [0.717, 1.165) is 6.54 Å². The van der Waals surface area contributed by atoms with Crippen LogP contribution in [0.15, 0.2) is 18.3 Å². The summed E-state index contributed by atoms with van der Waals surface area (Å²) in [6, 6.07) is 3.65. The third kappa shape index (κ3) is 3.09. The molecule has 1 rings (SSSR count). The first-order chi connectivity index (χ1) is 7.19. The molecule has 4 nitrogen and oxygen atoms in total. The largest absolute Gasteiger partial charge is 0.396 e. The van der Waals surface area contributed by atoms with Crippen LogP contribution in [0.1, 0.15) is 30.8 Å². The molecule has 0 fully saturated rings. The zero-order valence-electron chi connectivity index (χ0n) is 9.23. The van der Waals surface area contributed by atoms with Gasteiger partial charge in [-0.1, -0.05) is 0 Å². The van der Waals surface area contributed by atoms with Gasteiger partial charge in [-0.15, -0.1) is 0 Å². The predicted octanol–water partition coefficient (Wildman–Crippen LogP) is 1.01. The molecule has 1 atom stereocenters. The molecule has 1 amide bonds. The number of carbonyl (C=O) groups is 1. The lowest BCUT2D eigenvalue weighted by Crippen LogP contribution is -2.34. The second kappa shape index (κ2) is 5.56. The molecule has 1 unspecified atom stereocenters. The number of hydrogen-bond donors (Lipinski definition) is 2. The molecule has 0 aliphatic rings. The summed E-state index contributed by atoms with van der Waals surface area (Å²) in [6.45, 7) is 4.75. The van der Waals surface area contributed by atoms with Gasteiger partial charge in [0.25, 0.3) is 5.91 Å². The number of nitrogens with zero attached hydrogens (tertiary/aromatic N) is 1. The van der Waals surface area contributed by atoms with E-state index in [4.69, 9.17) is 5.11 Å². The van der Waals surface area contributed by atoms with E-state index in [9.17, 15) is 4.79 Å². The Hall–Kier alpha value is -1.29. The van der Waals surface area contributed by atoms with Crippen LogP contribution in [0.25, 0.3) is 0 Å². The first-order valence-electron chi connectivity index (χ1n) is 5.26. The van der Waals surface area contributed by atoms with Crippen molar-refractivity contribution in [2.24, 2.45) is 0 Å². The standard InChI is InChI=1S/C11H18N2O2/c1-3-13-7-4-5-10(13)11(15)12-9(2)6-8-14/h4-5,7,9,14H,3,6,8H2,1-2H3,(H,12,15). The van der Waals surface area contributed by atoms with Gasteiger partial charge in [0.2, 0.25) is 0 Å². The van der Waals surface area contributed by atoms with Crippen LogP contribution in [-0.4, -0.2) is 28.2 Å². The van der Waals surface area contributed by atoms with Crippen molar-refractivity contribution in [3.8, 4) is 0 Å². The van der Waals surface area contributed by atoms with Crippen molar-refractivity contribution in [2.75, 3.05) is 6.61 Å². The van der Waals surface area contributed by atoms with Crippen LogP contribution >= 0.6 is 0 Å². The van der Waals surface area contributed by atoms with Crippen molar-refractivity contribution >= 4 is 5.91 Å². The fraction of sp³-hybridized carbons (Fsp3) is 0.545. The fourth-order valence-corrected chi connectivity index (χ4v) is 1.46. The Bertz CT molecular complexity index is 320. The lowest BCUT2D eigenvalue weighted by Gasteiger charge is -2.13. The summed E-state index contributed by atoms with van der Waals surface area (Å²) < 4.78 is 1.89. The van der Waals surface area contributed by atoms with Gasteiger partial charge in [0, 0.05) is 25.4 Å². The molecule has 0 saturated heterocycles. The van der Waals surface area contributed by atoms with Crippen molar-refractivity contribution in [1.82, 2.24) is 9.88 Å². The Labute approximate surface area is 89.9 Å². The van der Waals surface area contributed by atoms with Gasteiger partial charge in [-0.05, 0) is 32.4 Å². The second-order valence-corrected chi connectivity index (χ2v) is 3.57. The predicted molar refractivity (Wildman–Crippen MR) is 58.7 cm³/mol. The summed E-state index contributed by atoms with van der Waals surface area (Å²) in [7, 11) is 0. The summed E-state index contributed by atoms with van der Waals surface area (Å²) >= 11 is 0. The summed E-state index contributed by atoms with van der Waals surface area (Å²) in [4.78, 5) is 11.8. The molecular formula is C11H18N2O2. The van der Waals surface area contributed by atoms with Crippen molar-refractivity contribution in [3.63, 3.8) is 0 Å². The molecule has 84 valence electrons. The monoisotopic (exact) mass is 210 g/mol. The third-order valence-electron chi connectivity index (χ3n) is 2.34. The topological polar surface area (TPSA) is 54.3 Å². The van der Waals surface area contributed by atoms with Gasteiger partial charge in [-0.25, -0.2) is 0 Å². The molecule has 0 saturated carbocycles.